The van der Waals surface area contributed by atoms with Crippen LogP contribution in [0, 0.1) is 0 Å². The molecule has 3 aromatic rings. The Bertz CT molecular complexity index is 1190. The molecular formula is C25H27N3O4S. The topological polar surface area (TPSA) is 79.0 Å². The Labute approximate surface area is 194 Å². The maximum atomic E-state index is 12.9. The molecule has 3 aromatic carbocycles. The van der Waals surface area contributed by atoms with Gasteiger partial charge < -0.3 is 14.5 Å². The van der Waals surface area contributed by atoms with Crippen molar-refractivity contribution < 1.29 is 17.9 Å². The van der Waals surface area contributed by atoms with E-state index < -0.39 is 10.0 Å². The van der Waals surface area contributed by atoms with Crippen molar-refractivity contribution in [1.82, 2.24) is 9.80 Å². The molecule has 7 nitrogen and oxygen atoms in total. The summed E-state index contributed by atoms with van der Waals surface area (Å²) in [5.74, 6) is 0.488. The molecule has 0 aromatic heterocycles. The Balaban J connectivity index is 1.41. The molecule has 0 unspecified atom stereocenters. The van der Waals surface area contributed by atoms with E-state index in [0.29, 0.717) is 36.7 Å². The number of ether oxygens (including phenoxy) is 1. The Kier molecular flexibility index (Phi) is 6.96. The summed E-state index contributed by atoms with van der Waals surface area (Å²) in [6, 6.07) is 22.7. The van der Waals surface area contributed by atoms with Gasteiger partial charge in [-0.05, 0) is 55.1 Å². The fourth-order valence-electron chi connectivity index (χ4n) is 3.56. The Morgan fingerprint density at radius 1 is 0.909 bits per heavy atom. The summed E-state index contributed by atoms with van der Waals surface area (Å²) in [4.78, 5) is 16.8. The predicted molar refractivity (Wildman–Crippen MR) is 128 cm³/mol. The summed E-state index contributed by atoms with van der Waals surface area (Å²) in [6.07, 6.45) is 0. The zero-order valence-corrected chi connectivity index (χ0v) is 19.3. The van der Waals surface area contributed by atoms with Crippen molar-refractivity contribution in [1.29, 1.82) is 0 Å². The first-order chi connectivity index (χ1) is 15.9. The van der Waals surface area contributed by atoms with Crippen LogP contribution < -0.4 is 9.46 Å². The van der Waals surface area contributed by atoms with Crippen LogP contribution >= 0.6 is 0 Å². The second-order valence-electron chi connectivity index (χ2n) is 8.03. The van der Waals surface area contributed by atoms with Crippen molar-refractivity contribution in [2.45, 2.75) is 11.5 Å². The Morgan fingerprint density at radius 3 is 2.30 bits per heavy atom. The molecular weight excluding hydrogens is 438 g/mol. The summed E-state index contributed by atoms with van der Waals surface area (Å²) >= 11 is 0. The van der Waals surface area contributed by atoms with E-state index in [9.17, 15) is 13.2 Å². The normalized spacial score (nSPS) is 14.6. The second-order valence-corrected chi connectivity index (χ2v) is 9.71. The van der Waals surface area contributed by atoms with Gasteiger partial charge in [-0.15, -0.1) is 0 Å². The summed E-state index contributed by atoms with van der Waals surface area (Å²) in [5, 5.41) is 0. The lowest BCUT2D eigenvalue weighted by molar-refractivity contribution is 0.0664. The number of nitrogens with zero attached hydrogens (tertiary/aromatic N) is 2. The van der Waals surface area contributed by atoms with E-state index in [0.717, 1.165) is 18.7 Å². The molecule has 1 aliphatic rings. The highest BCUT2D eigenvalue weighted by Crippen LogP contribution is 2.21. The van der Waals surface area contributed by atoms with Gasteiger partial charge in [0.25, 0.3) is 15.9 Å². The number of anilines is 1. The van der Waals surface area contributed by atoms with Gasteiger partial charge in [0.2, 0.25) is 0 Å². The quantitative estimate of drug-likeness (QED) is 0.578. The van der Waals surface area contributed by atoms with Gasteiger partial charge >= 0.3 is 0 Å². The van der Waals surface area contributed by atoms with E-state index in [1.54, 1.807) is 41.3 Å². The lowest BCUT2D eigenvalue weighted by Crippen LogP contribution is -2.47. The number of hydrogen-bond acceptors (Lipinski definition) is 5. The van der Waals surface area contributed by atoms with E-state index in [2.05, 4.69) is 9.62 Å². The van der Waals surface area contributed by atoms with Crippen LogP contribution in [0.3, 0.4) is 0 Å². The number of benzene rings is 3. The molecule has 0 spiro atoms. The van der Waals surface area contributed by atoms with E-state index >= 15 is 0 Å². The van der Waals surface area contributed by atoms with Crippen LogP contribution in [0.25, 0.3) is 0 Å². The van der Waals surface area contributed by atoms with E-state index in [-0.39, 0.29) is 10.8 Å². The van der Waals surface area contributed by atoms with E-state index in [1.807, 2.05) is 37.4 Å². The molecule has 33 heavy (non-hydrogen) atoms. The predicted octanol–water partition coefficient (Wildman–Crippen LogP) is 3.45. The summed E-state index contributed by atoms with van der Waals surface area (Å²) in [5.41, 5.74) is 1.83. The number of amides is 1. The molecule has 0 aliphatic carbocycles. The van der Waals surface area contributed by atoms with E-state index in [1.165, 1.54) is 12.1 Å². The van der Waals surface area contributed by atoms with Crippen LogP contribution in [-0.2, 0) is 16.6 Å². The zero-order chi connectivity index (χ0) is 23.3. The fraction of sp³-hybridized carbons (Fsp3) is 0.240. The largest absolute Gasteiger partial charge is 0.489 e. The SMILES string of the molecule is CN1CCN(C(=O)c2cccc(S(=O)(=O)Nc3ccc(OCc4ccccc4)cc3)c2)CC1. The molecule has 1 heterocycles. The number of carbonyl (C=O) groups is 1. The van der Waals surface area contributed by atoms with Crippen LogP contribution in [0.15, 0.2) is 83.8 Å². The Hall–Kier alpha value is -3.36. The smallest absolute Gasteiger partial charge is 0.261 e. The minimum Gasteiger partial charge on any atom is -0.489 e. The second kappa shape index (κ2) is 10.1. The van der Waals surface area contributed by atoms with Gasteiger partial charge in [0.05, 0.1) is 4.90 Å². The molecule has 0 radical (unpaired) electrons. The van der Waals surface area contributed by atoms with E-state index in [4.69, 9.17) is 4.74 Å². The number of likely N-dealkylation sites (N-methyl/N-ethyl adjacent to an activating group) is 1. The molecule has 1 amide bonds. The number of hydrogen-bond donors (Lipinski definition) is 1. The maximum absolute atomic E-state index is 12.9. The average Bonchev–Trinajstić information content (AvgIpc) is 2.84. The van der Waals surface area contributed by atoms with Crippen LogP contribution in [-0.4, -0.2) is 57.4 Å². The molecule has 1 saturated heterocycles. The van der Waals surface area contributed by atoms with Crippen LogP contribution in [0.2, 0.25) is 0 Å². The minimum atomic E-state index is -3.85. The van der Waals surface area contributed by atoms with Crippen LogP contribution in [0.4, 0.5) is 5.69 Å². The van der Waals surface area contributed by atoms with Crippen molar-refractivity contribution in [2.24, 2.45) is 0 Å². The number of rotatable bonds is 7. The first kappa shape index (κ1) is 22.8. The lowest BCUT2D eigenvalue weighted by atomic mass is 10.2. The van der Waals surface area contributed by atoms with Crippen molar-refractivity contribution in [2.75, 3.05) is 37.9 Å². The number of carbonyl (C=O) groups excluding carboxylic acids is 1. The molecule has 172 valence electrons. The highest BCUT2D eigenvalue weighted by Gasteiger charge is 2.22. The third-order valence-electron chi connectivity index (χ3n) is 5.54. The highest BCUT2D eigenvalue weighted by molar-refractivity contribution is 7.92. The third kappa shape index (κ3) is 5.91. The summed E-state index contributed by atoms with van der Waals surface area (Å²) in [6.45, 7) is 3.29. The fourth-order valence-corrected chi connectivity index (χ4v) is 4.67. The molecule has 4 rings (SSSR count). The van der Waals surface area contributed by atoms with Gasteiger partial charge in [-0.3, -0.25) is 9.52 Å². The van der Waals surface area contributed by atoms with Crippen molar-refractivity contribution >= 4 is 21.6 Å². The molecule has 1 aliphatic heterocycles. The van der Waals surface area contributed by atoms with Crippen LogP contribution in [0.5, 0.6) is 5.75 Å². The number of sulfonamides is 1. The zero-order valence-electron chi connectivity index (χ0n) is 18.5. The van der Waals surface area contributed by atoms with Gasteiger partial charge in [-0.25, -0.2) is 8.42 Å². The first-order valence-corrected chi connectivity index (χ1v) is 12.3. The summed E-state index contributed by atoms with van der Waals surface area (Å²) in [7, 11) is -1.83. The first-order valence-electron chi connectivity index (χ1n) is 10.8. The highest BCUT2D eigenvalue weighted by atomic mass is 32.2. The molecule has 1 fully saturated rings. The third-order valence-corrected chi connectivity index (χ3v) is 6.92. The molecule has 0 atom stereocenters. The maximum Gasteiger partial charge on any atom is 0.261 e. The molecule has 0 saturated carbocycles. The number of piperazine rings is 1. The van der Waals surface area contributed by atoms with Crippen molar-refractivity contribution in [3.63, 3.8) is 0 Å². The molecule has 0 bridgehead atoms. The van der Waals surface area contributed by atoms with Gasteiger partial charge in [0.15, 0.2) is 0 Å². The minimum absolute atomic E-state index is 0.0480. The number of nitrogens with one attached hydrogen (secondary N) is 1. The van der Waals surface area contributed by atoms with Crippen LogP contribution in [0.1, 0.15) is 15.9 Å². The van der Waals surface area contributed by atoms with Gasteiger partial charge in [0.1, 0.15) is 12.4 Å². The lowest BCUT2D eigenvalue weighted by Gasteiger charge is -2.32. The van der Waals surface area contributed by atoms with Crippen molar-refractivity contribution in [3.05, 3.63) is 90.0 Å². The molecule has 8 heteroatoms. The summed E-state index contributed by atoms with van der Waals surface area (Å²) < 4.78 is 34.2. The van der Waals surface area contributed by atoms with Gasteiger partial charge in [-0.1, -0.05) is 36.4 Å². The standard InChI is InChI=1S/C25H27N3O4S/c1-27-14-16-28(17-15-27)25(29)21-8-5-9-24(18-21)33(30,31)26-22-10-12-23(13-11-22)32-19-20-6-3-2-4-7-20/h2-13,18,26H,14-17,19H2,1H3. The average molecular weight is 466 g/mol. The monoisotopic (exact) mass is 465 g/mol. The van der Waals surface area contributed by atoms with Crippen molar-refractivity contribution in [3.8, 4) is 5.75 Å². The van der Waals surface area contributed by atoms with Gasteiger partial charge in [0, 0.05) is 37.4 Å². The Morgan fingerprint density at radius 2 is 1.61 bits per heavy atom. The van der Waals surface area contributed by atoms with Gasteiger partial charge in [-0.2, -0.15) is 0 Å². The molecule has 1 N–H and O–H groups in total.